The van der Waals surface area contributed by atoms with Gasteiger partial charge in [0.15, 0.2) is 17.2 Å². The molecule has 138 valence electrons. The second kappa shape index (κ2) is 7.07. The Kier molecular flexibility index (Phi) is 4.83. The minimum atomic E-state index is -0.402. The number of benzene rings is 1. The number of fused-ring (bicyclic) bond motifs is 1. The zero-order chi connectivity index (χ0) is 18.7. The van der Waals surface area contributed by atoms with E-state index in [1.165, 1.54) is 6.33 Å². The van der Waals surface area contributed by atoms with Crippen molar-refractivity contribution < 1.29 is 19.1 Å². The van der Waals surface area contributed by atoms with Gasteiger partial charge in [-0.3, -0.25) is 9.59 Å². The number of carbonyl (C=O) groups excluding carboxylic acids is 2. The van der Waals surface area contributed by atoms with Crippen LogP contribution in [0.15, 0.2) is 24.5 Å². The van der Waals surface area contributed by atoms with E-state index in [2.05, 4.69) is 20.6 Å². The largest absolute Gasteiger partial charge is 0.454 e. The smallest absolute Gasteiger partial charge is 0.272 e. The van der Waals surface area contributed by atoms with Crippen molar-refractivity contribution in [1.29, 1.82) is 0 Å². The Bertz CT molecular complexity index is 823. The van der Waals surface area contributed by atoms with E-state index in [1.54, 1.807) is 6.07 Å². The predicted molar refractivity (Wildman–Crippen MR) is 94.1 cm³/mol. The first-order valence-electron chi connectivity index (χ1n) is 8.32. The molecule has 1 aliphatic rings. The summed E-state index contributed by atoms with van der Waals surface area (Å²) in [5.41, 5.74) is 1.02. The summed E-state index contributed by atoms with van der Waals surface area (Å²) in [6.07, 6.45) is 1.33. The summed E-state index contributed by atoms with van der Waals surface area (Å²) in [6, 6.07) is 5.45. The van der Waals surface area contributed by atoms with Crippen LogP contribution < -0.4 is 20.1 Å². The van der Waals surface area contributed by atoms with E-state index < -0.39 is 5.91 Å². The molecule has 0 atom stereocenters. The number of hydrogen-bond acceptors (Lipinski definition) is 5. The van der Waals surface area contributed by atoms with E-state index in [0.29, 0.717) is 18.0 Å². The number of nitrogens with zero attached hydrogens (tertiary/aromatic N) is 1. The molecule has 2 aromatic rings. The molecule has 0 unspecified atom stereocenters. The Morgan fingerprint density at radius 1 is 1.15 bits per heavy atom. The number of carbonyl (C=O) groups is 2. The molecule has 0 saturated heterocycles. The van der Waals surface area contributed by atoms with Crippen LogP contribution in [0.1, 0.15) is 47.3 Å². The molecule has 2 amide bonds. The molecule has 2 heterocycles. The van der Waals surface area contributed by atoms with Crippen molar-refractivity contribution in [1.82, 2.24) is 20.6 Å². The molecule has 1 aromatic heterocycles. The van der Waals surface area contributed by atoms with Gasteiger partial charge in [0.1, 0.15) is 5.69 Å². The Labute approximate surface area is 151 Å². The first kappa shape index (κ1) is 17.8. The van der Waals surface area contributed by atoms with Crippen LogP contribution in [-0.4, -0.2) is 35.1 Å². The summed E-state index contributed by atoms with van der Waals surface area (Å²) in [7, 11) is 0. The van der Waals surface area contributed by atoms with Gasteiger partial charge in [0, 0.05) is 13.1 Å². The lowest BCUT2D eigenvalue weighted by atomic mass is 9.97. The van der Waals surface area contributed by atoms with Crippen molar-refractivity contribution in [2.75, 3.05) is 13.3 Å². The summed E-state index contributed by atoms with van der Waals surface area (Å²) >= 11 is 0. The summed E-state index contributed by atoms with van der Waals surface area (Å²) < 4.78 is 10.6. The molecule has 0 radical (unpaired) electrons. The van der Waals surface area contributed by atoms with Crippen molar-refractivity contribution >= 4 is 11.8 Å². The number of aromatic nitrogens is 2. The highest BCUT2D eigenvalue weighted by atomic mass is 16.7. The van der Waals surface area contributed by atoms with Gasteiger partial charge in [-0.05, 0) is 23.1 Å². The molecule has 0 fully saturated rings. The third-order valence-electron chi connectivity index (χ3n) is 3.75. The molecule has 0 aliphatic carbocycles. The van der Waals surface area contributed by atoms with Crippen molar-refractivity contribution in [2.24, 2.45) is 5.41 Å². The standard InChI is InChI=1S/C18H22N4O4/c1-18(2,3)8-20-17(24)15-14(21-9-22-15)16(23)19-7-11-4-5-12-13(6-11)26-10-25-12/h4-6,9H,7-8,10H2,1-3H3,(H,19,23)(H,20,24)(H,21,22). The molecular weight excluding hydrogens is 336 g/mol. The lowest BCUT2D eigenvalue weighted by Gasteiger charge is -2.18. The lowest BCUT2D eigenvalue weighted by molar-refractivity contribution is 0.0905. The molecule has 8 heteroatoms. The maximum atomic E-state index is 12.4. The summed E-state index contributed by atoms with van der Waals surface area (Å²) in [6.45, 7) is 7.01. The molecular formula is C18H22N4O4. The minimum absolute atomic E-state index is 0.0618. The summed E-state index contributed by atoms with van der Waals surface area (Å²) in [5, 5.41) is 5.56. The average molecular weight is 358 g/mol. The van der Waals surface area contributed by atoms with E-state index in [9.17, 15) is 9.59 Å². The predicted octanol–water partition coefficient (Wildman–Crippen LogP) is 1.84. The lowest BCUT2D eigenvalue weighted by Crippen LogP contribution is -2.34. The van der Waals surface area contributed by atoms with Crippen molar-refractivity contribution in [3.05, 3.63) is 41.5 Å². The minimum Gasteiger partial charge on any atom is -0.454 e. The third-order valence-corrected chi connectivity index (χ3v) is 3.75. The normalized spacial score (nSPS) is 12.7. The number of ether oxygens (including phenoxy) is 2. The second-order valence-electron chi connectivity index (χ2n) is 7.24. The number of rotatable bonds is 5. The molecule has 8 nitrogen and oxygen atoms in total. The van der Waals surface area contributed by atoms with E-state index in [0.717, 1.165) is 5.56 Å². The summed E-state index contributed by atoms with van der Waals surface area (Å²) in [5.74, 6) is 0.558. The zero-order valence-corrected chi connectivity index (χ0v) is 15.0. The van der Waals surface area contributed by atoms with Crippen LogP contribution in [0, 0.1) is 5.41 Å². The Hall–Kier alpha value is -3.03. The van der Waals surface area contributed by atoms with E-state index in [1.807, 2.05) is 32.9 Å². The van der Waals surface area contributed by atoms with E-state index in [4.69, 9.17) is 9.47 Å². The maximum Gasteiger partial charge on any atom is 0.272 e. The fraction of sp³-hybridized carbons (Fsp3) is 0.389. The number of hydrogen-bond donors (Lipinski definition) is 3. The van der Waals surface area contributed by atoms with Gasteiger partial charge in [-0.15, -0.1) is 0 Å². The van der Waals surface area contributed by atoms with Crippen LogP contribution >= 0.6 is 0 Å². The van der Waals surface area contributed by atoms with Crippen LogP contribution in [0.5, 0.6) is 11.5 Å². The number of amides is 2. The monoisotopic (exact) mass is 358 g/mol. The Balaban J connectivity index is 1.62. The molecule has 0 bridgehead atoms. The van der Waals surface area contributed by atoms with Gasteiger partial charge in [-0.1, -0.05) is 26.8 Å². The second-order valence-corrected chi connectivity index (χ2v) is 7.24. The quantitative estimate of drug-likeness (QED) is 0.756. The number of nitrogens with one attached hydrogen (secondary N) is 3. The van der Waals surface area contributed by atoms with E-state index >= 15 is 0 Å². The van der Waals surface area contributed by atoms with Crippen LogP contribution in [0.25, 0.3) is 0 Å². The van der Waals surface area contributed by atoms with Crippen molar-refractivity contribution in [2.45, 2.75) is 27.3 Å². The SMILES string of the molecule is CC(C)(C)CNC(=O)c1nc[nH]c1C(=O)NCc1ccc2c(c1)OCO2. The number of H-pyrrole nitrogens is 1. The Morgan fingerprint density at radius 3 is 2.69 bits per heavy atom. The molecule has 0 saturated carbocycles. The van der Waals surface area contributed by atoms with Crippen LogP contribution in [0.2, 0.25) is 0 Å². The van der Waals surface area contributed by atoms with Crippen molar-refractivity contribution in [3.63, 3.8) is 0 Å². The third kappa shape index (κ3) is 4.14. The molecule has 1 aromatic carbocycles. The topological polar surface area (TPSA) is 105 Å². The van der Waals surface area contributed by atoms with E-state index in [-0.39, 0.29) is 36.0 Å². The molecule has 0 spiro atoms. The van der Waals surface area contributed by atoms with Gasteiger partial charge in [-0.25, -0.2) is 4.98 Å². The molecule has 3 N–H and O–H groups in total. The number of aromatic amines is 1. The highest BCUT2D eigenvalue weighted by Crippen LogP contribution is 2.32. The van der Waals surface area contributed by atoms with Gasteiger partial charge in [-0.2, -0.15) is 0 Å². The molecule has 3 rings (SSSR count). The highest BCUT2D eigenvalue weighted by Gasteiger charge is 2.22. The fourth-order valence-electron chi connectivity index (χ4n) is 2.39. The van der Waals surface area contributed by atoms with Gasteiger partial charge in [0.05, 0.1) is 6.33 Å². The number of imidazole rings is 1. The van der Waals surface area contributed by atoms with Crippen LogP contribution in [0.3, 0.4) is 0 Å². The average Bonchev–Trinajstić information content (AvgIpc) is 3.25. The highest BCUT2D eigenvalue weighted by molar-refractivity contribution is 6.04. The van der Waals surface area contributed by atoms with Gasteiger partial charge < -0.3 is 25.1 Å². The van der Waals surface area contributed by atoms with Gasteiger partial charge in [0.25, 0.3) is 11.8 Å². The first-order valence-corrected chi connectivity index (χ1v) is 8.32. The maximum absolute atomic E-state index is 12.4. The zero-order valence-electron chi connectivity index (χ0n) is 15.0. The van der Waals surface area contributed by atoms with Gasteiger partial charge >= 0.3 is 0 Å². The Morgan fingerprint density at radius 2 is 1.92 bits per heavy atom. The molecule has 26 heavy (non-hydrogen) atoms. The first-order chi connectivity index (χ1) is 12.3. The van der Waals surface area contributed by atoms with Crippen molar-refractivity contribution in [3.8, 4) is 11.5 Å². The fourth-order valence-corrected chi connectivity index (χ4v) is 2.39. The van der Waals surface area contributed by atoms with Crippen LogP contribution in [0.4, 0.5) is 0 Å². The van der Waals surface area contributed by atoms with Gasteiger partial charge in [0.2, 0.25) is 6.79 Å². The van der Waals surface area contributed by atoms with Crippen LogP contribution in [-0.2, 0) is 6.54 Å². The summed E-state index contributed by atoms with van der Waals surface area (Å²) in [4.78, 5) is 31.4. The molecule has 1 aliphatic heterocycles.